The molecule has 0 bridgehead atoms. The van der Waals surface area contributed by atoms with Gasteiger partial charge in [-0.05, 0) is 11.6 Å². The summed E-state index contributed by atoms with van der Waals surface area (Å²) in [6.45, 7) is 1.53. The second-order valence-electron chi connectivity index (χ2n) is 3.88. The van der Waals surface area contributed by atoms with Crippen molar-refractivity contribution in [3.63, 3.8) is 0 Å². The zero-order valence-corrected chi connectivity index (χ0v) is 9.38. The van der Waals surface area contributed by atoms with Gasteiger partial charge < -0.3 is 9.47 Å². The fourth-order valence-corrected chi connectivity index (χ4v) is 1.54. The van der Waals surface area contributed by atoms with Crippen LogP contribution in [0.5, 0.6) is 0 Å². The number of rotatable bonds is 2. The van der Waals surface area contributed by atoms with Crippen molar-refractivity contribution in [3.05, 3.63) is 42.0 Å². The van der Waals surface area contributed by atoms with Gasteiger partial charge in [-0.2, -0.15) is 0 Å². The van der Waals surface area contributed by atoms with E-state index in [9.17, 15) is 9.59 Å². The lowest BCUT2D eigenvalue weighted by atomic mass is 10.1. The molecule has 0 amide bonds. The largest absolute Gasteiger partial charge is 0.418 e. The molecule has 0 aliphatic carbocycles. The lowest BCUT2D eigenvalue weighted by molar-refractivity contribution is -0.221. The number of hydrogen-bond donors (Lipinski definition) is 0. The lowest BCUT2D eigenvalue weighted by Crippen LogP contribution is -2.41. The van der Waals surface area contributed by atoms with Crippen LogP contribution < -0.4 is 0 Å². The van der Waals surface area contributed by atoms with Crippen molar-refractivity contribution in [1.29, 1.82) is 0 Å². The van der Waals surface area contributed by atoms with Crippen LogP contribution in [0.25, 0.3) is 6.08 Å². The summed E-state index contributed by atoms with van der Waals surface area (Å²) in [4.78, 5) is 22.3. The number of carbonyl (C=O) groups is 2. The Morgan fingerprint density at radius 1 is 1.12 bits per heavy atom. The molecule has 1 aromatic carbocycles. The zero-order valence-electron chi connectivity index (χ0n) is 9.38. The van der Waals surface area contributed by atoms with Crippen LogP contribution in [0.3, 0.4) is 0 Å². The third-order valence-corrected chi connectivity index (χ3v) is 2.30. The maximum absolute atomic E-state index is 11.1. The summed E-state index contributed by atoms with van der Waals surface area (Å²) in [6.07, 6.45) is 2.97. The van der Waals surface area contributed by atoms with Gasteiger partial charge in [-0.3, -0.25) is 9.59 Å². The number of esters is 2. The summed E-state index contributed by atoms with van der Waals surface area (Å²) < 4.78 is 9.99. The maximum Gasteiger partial charge on any atom is 0.320 e. The molecule has 4 heteroatoms. The van der Waals surface area contributed by atoms with Crippen molar-refractivity contribution < 1.29 is 19.1 Å². The molecule has 2 rings (SSSR count). The number of benzene rings is 1. The van der Waals surface area contributed by atoms with Gasteiger partial charge in [-0.15, -0.1) is 0 Å². The van der Waals surface area contributed by atoms with E-state index in [4.69, 9.17) is 9.47 Å². The van der Waals surface area contributed by atoms with Crippen LogP contribution in [0.4, 0.5) is 0 Å². The van der Waals surface area contributed by atoms with Crippen molar-refractivity contribution in [1.82, 2.24) is 0 Å². The Bertz CT molecular complexity index is 446. The Labute approximate surface area is 98.8 Å². The van der Waals surface area contributed by atoms with Crippen LogP contribution in [-0.4, -0.2) is 17.7 Å². The predicted molar refractivity (Wildman–Crippen MR) is 60.7 cm³/mol. The van der Waals surface area contributed by atoms with E-state index in [0.717, 1.165) is 5.56 Å². The van der Waals surface area contributed by atoms with E-state index >= 15 is 0 Å². The average molecular weight is 232 g/mol. The topological polar surface area (TPSA) is 52.6 Å². The molecule has 0 aromatic heterocycles. The van der Waals surface area contributed by atoms with Crippen molar-refractivity contribution in [2.45, 2.75) is 19.1 Å². The monoisotopic (exact) mass is 232 g/mol. The fraction of sp³-hybridized carbons (Fsp3) is 0.231. The highest BCUT2D eigenvalue weighted by Gasteiger charge is 2.36. The predicted octanol–water partition coefficient (Wildman–Crippen LogP) is 1.91. The molecular formula is C13H12O4. The molecule has 0 unspecified atom stereocenters. The second-order valence-corrected chi connectivity index (χ2v) is 3.88. The summed E-state index contributed by atoms with van der Waals surface area (Å²) in [6, 6.07) is 9.47. The molecular weight excluding hydrogens is 220 g/mol. The third kappa shape index (κ3) is 2.93. The van der Waals surface area contributed by atoms with Crippen molar-refractivity contribution in [2.75, 3.05) is 0 Å². The Balaban J connectivity index is 2.14. The summed E-state index contributed by atoms with van der Waals surface area (Å²) in [7, 11) is 0. The second kappa shape index (κ2) is 4.41. The molecule has 0 atom stereocenters. The van der Waals surface area contributed by atoms with Gasteiger partial charge in [0.15, 0.2) is 0 Å². The first kappa shape index (κ1) is 11.4. The van der Waals surface area contributed by atoms with Crippen LogP contribution in [0.2, 0.25) is 0 Å². The first-order chi connectivity index (χ1) is 8.07. The molecule has 1 aromatic rings. The van der Waals surface area contributed by atoms with Crippen molar-refractivity contribution in [2.24, 2.45) is 0 Å². The minimum Gasteiger partial charge on any atom is -0.418 e. The Hall–Kier alpha value is -2.10. The smallest absolute Gasteiger partial charge is 0.320 e. The van der Waals surface area contributed by atoms with Crippen molar-refractivity contribution >= 4 is 18.0 Å². The summed E-state index contributed by atoms with van der Waals surface area (Å²) in [5.74, 6) is -2.44. The number of carbonyl (C=O) groups excluding carboxylic acids is 2. The van der Waals surface area contributed by atoms with E-state index in [1.54, 1.807) is 12.2 Å². The van der Waals surface area contributed by atoms with Gasteiger partial charge in [0, 0.05) is 6.92 Å². The van der Waals surface area contributed by atoms with E-state index < -0.39 is 17.7 Å². The lowest BCUT2D eigenvalue weighted by Gasteiger charge is -2.29. The van der Waals surface area contributed by atoms with Gasteiger partial charge >= 0.3 is 11.9 Å². The molecule has 1 fully saturated rings. The highest BCUT2D eigenvalue weighted by atomic mass is 16.7. The highest BCUT2D eigenvalue weighted by molar-refractivity contribution is 5.93. The molecule has 1 saturated heterocycles. The molecule has 1 heterocycles. The van der Waals surface area contributed by atoms with Gasteiger partial charge in [-0.25, -0.2) is 0 Å². The summed E-state index contributed by atoms with van der Waals surface area (Å²) >= 11 is 0. The molecule has 1 aliphatic rings. The molecule has 0 N–H and O–H groups in total. The van der Waals surface area contributed by atoms with E-state index in [2.05, 4.69) is 0 Å². The molecule has 4 nitrogen and oxygen atoms in total. The highest BCUT2D eigenvalue weighted by Crippen LogP contribution is 2.22. The van der Waals surface area contributed by atoms with Gasteiger partial charge in [0.05, 0.1) is 0 Å². The van der Waals surface area contributed by atoms with Gasteiger partial charge in [0.1, 0.15) is 6.42 Å². The average Bonchev–Trinajstić information content (AvgIpc) is 2.26. The third-order valence-electron chi connectivity index (χ3n) is 2.30. The molecule has 1 aliphatic heterocycles. The molecule has 0 spiro atoms. The zero-order chi connectivity index (χ0) is 12.3. The van der Waals surface area contributed by atoms with Crippen LogP contribution in [0.1, 0.15) is 18.9 Å². The molecule has 0 saturated carbocycles. The Kier molecular flexibility index (Phi) is 2.95. The number of ether oxygens (including phenoxy) is 2. The Morgan fingerprint density at radius 2 is 1.71 bits per heavy atom. The molecule has 17 heavy (non-hydrogen) atoms. The van der Waals surface area contributed by atoms with E-state index in [1.807, 2.05) is 30.3 Å². The molecule has 0 radical (unpaired) electrons. The Morgan fingerprint density at radius 3 is 2.29 bits per heavy atom. The maximum atomic E-state index is 11.1. The van der Waals surface area contributed by atoms with Crippen LogP contribution in [0.15, 0.2) is 36.4 Å². The van der Waals surface area contributed by atoms with Crippen molar-refractivity contribution in [3.8, 4) is 0 Å². The SMILES string of the molecule is CC1(C=Cc2ccccc2)OC(=O)CC(=O)O1. The number of hydrogen-bond acceptors (Lipinski definition) is 4. The molecule has 88 valence electrons. The first-order valence-electron chi connectivity index (χ1n) is 5.25. The van der Waals surface area contributed by atoms with E-state index in [-0.39, 0.29) is 6.42 Å². The normalized spacial score (nSPS) is 18.9. The minimum atomic E-state index is -1.30. The van der Waals surface area contributed by atoms with E-state index in [0.29, 0.717) is 0 Å². The van der Waals surface area contributed by atoms with Gasteiger partial charge in [0.2, 0.25) is 0 Å². The quantitative estimate of drug-likeness (QED) is 0.577. The van der Waals surface area contributed by atoms with E-state index in [1.165, 1.54) is 6.92 Å². The summed E-state index contributed by atoms with van der Waals surface area (Å²) in [5.41, 5.74) is 0.936. The van der Waals surface area contributed by atoms with Crippen LogP contribution >= 0.6 is 0 Å². The minimum absolute atomic E-state index is 0.325. The van der Waals surface area contributed by atoms with Crippen LogP contribution in [0, 0.1) is 0 Å². The van der Waals surface area contributed by atoms with Crippen LogP contribution in [-0.2, 0) is 19.1 Å². The summed E-state index contributed by atoms with van der Waals surface area (Å²) in [5, 5.41) is 0. The van der Waals surface area contributed by atoms with Gasteiger partial charge in [-0.1, -0.05) is 36.4 Å². The number of cyclic esters (lactones) is 2. The fourth-order valence-electron chi connectivity index (χ4n) is 1.54. The standard InChI is InChI=1S/C13H12O4/c1-13(16-11(14)9-12(15)17-13)8-7-10-5-3-2-4-6-10/h2-8H,9H2,1H3. The van der Waals surface area contributed by atoms with Gasteiger partial charge in [0.25, 0.3) is 5.79 Å². The first-order valence-corrected chi connectivity index (χ1v) is 5.25.